The van der Waals surface area contributed by atoms with E-state index in [-0.39, 0.29) is 51.8 Å². The van der Waals surface area contributed by atoms with Crippen molar-refractivity contribution in [1.82, 2.24) is 10.6 Å². The summed E-state index contributed by atoms with van der Waals surface area (Å²) in [6.45, 7) is 4.52. The highest BCUT2D eigenvalue weighted by molar-refractivity contribution is 7.59. The van der Waals surface area contributed by atoms with Crippen LogP contribution < -0.4 is 15.4 Å². The maximum atomic E-state index is 6.06. The summed E-state index contributed by atoms with van der Waals surface area (Å²) in [6, 6.07) is 25.9. The highest BCUT2D eigenvalue weighted by Crippen LogP contribution is 2.29. The zero-order valence-electron chi connectivity index (χ0n) is 19.2. The minimum absolute atomic E-state index is 0. The summed E-state index contributed by atoms with van der Waals surface area (Å²) in [6.07, 6.45) is 2.34. The summed E-state index contributed by atoms with van der Waals surface area (Å²) >= 11 is 6.06. The molecule has 3 aromatic rings. The summed E-state index contributed by atoms with van der Waals surface area (Å²) in [5, 5.41) is 8.26. The van der Waals surface area contributed by atoms with Gasteiger partial charge in [0.05, 0.1) is 6.61 Å². The predicted molar refractivity (Wildman–Crippen MR) is 160 cm³/mol. The second kappa shape index (κ2) is 16.6. The normalized spacial score (nSPS) is 16.6. The maximum Gasteiger partial charge on any atom is 0.123 e. The summed E-state index contributed by atoms with van der Waals surface area (Å²) in [5.74, 6) is 0.947. The van der Waals surface area contributed by atoms with E-state index in [1.165, 1.54) is 23.1 Å². The number of rotatable bonds is 7. The van der Waals surface area contributed by atoms with Crippen molar-refractivity contribution in [1.29, 1.82) is 0 Å². The van der Waals surface area contributed by atoms with E-state index in [0.29, 0.717) is 18.7 Å². The van der Waals surface area contributed by atoms with Crippen molar-refractivity contribution in [3.63, 3.8) is 0 Å². The molecule has 1 aliphatic heterocycles. The second-order valence-electron chi connectivity index (χ2n) is 7.73. The highest BCUT2D eigenvalue weighted by atomic mass is 35.5. The standard InChI is InChI=1S/C26H29ClN2O.2ClH.2H2S/c1-2-30-25-15-12-21(19-10-13-23(27)14-11-19)17-22(25)18-29-24-9-6-16-28-26(24)20-7-4-3-5-8-20;;;;/h3-5,7-8,10-15,17,24,26,28-29H,2,6,9,16,18H2,1H3;2*1H;2*1H2/t24-,26-;;;;/m0..../s1. The van der Waals surface area contributed by atoms with Gasteiger partial charge in [-0.2, -0.15) is 27.0 Å². The summed E-state index contributed by atoms with van der Waals surface area (Å²) < 4.78 is 5.92. The molecule has 3 nitrogen and oxygen atoms in total. The Labute approximate surface area is 235 Å². The molecule has 3 aromatic carbocycles. The van der Waals surface area contributed by atoms with Gasteiger partial charge < -0.3 is 15.4 Å². The number of benzene rings is 3. The lowest BCUT2D eigenvalue weighted by molar-refractivity contribution is 0.299. The zero-order valence-corrected chi connectivity index (χ0v) is 23.6. The van der Waals surface area contributed by atoms with Crippen LogP contribution in [-0.4, -0.2) is 19.2 Å². The molecule has 4 rings (SSSR count). The molecule has 0 radical (unpaired) electrons. The van der Waals surface area contributed by atoms with Crippen LogP contribution in [-0.2, 0) is 6.54 Å². The molecule has 1 heterocycles. The van der Waals surface area contributed by atoms with E-state index in [4.69, 9.17) is 16.3 Å². The number of piperidine rings is 1. The molecule has 0 bridgehead atoms. The van der Waals surface area contributed by atoms with Crippen LogP contribution in [0, 0.1) is 0 Å². The first-order valence-corrected chi connectivity index (χ1v) is 11.2. The third kappa shape index (κ3) is 8.56. The zero-order chi connectivity index (χ0) is 20.8. The smallest absolute Gasteiger partial charge is 0.123 e. The van der Waals surface area contributed by atoms with Crippen molar-refractivity contribution in [2.45, 2.75) is 38.4 Å². The van der Waals surface area contributed by atoms with E-state index in [9.17, 15) is 0 Å². The van der Waals surface area contributed by atoms with Crippen LogP contribution in [0.5, 0.6) is 5.75 Å². The van der Waals surface area contributed by atoms with Crippen molar-refractivity contribution < 1.29 is 4.74 Å². The topological polar surface area (TPSA) is 33.3 Å². The molecule has 0 aromatic heterocycles. The lowest BCUT2D eigenvalue weighted by Crippen LogP contribution is -2.45. The first-order valence-electron chi connectivity index (χ1n) is 10.8. The van der Waals surface area contributed by atoms with E-state index >= 15 is 0 Å². The predicted octanol–water partition coefficient (Wildman–Crippen LogP) is 7.06. The molecule has 34 heavy (non-hydrogen) atoms. The van der Waals surface area contributed by atoms with Crippen LogP contribution in [0.3, 0.4) is 0 Å². The SMILES string of the molecule is CCOc1ccc(-c2ccc(Cl)cc2)cc1CN[C@H]1CCCN[C@H]1c1ccccc1.Cl.Cl.S.S. The number of hydrogen-bond donors (Lipinski definition) is 2. The van der Waals surface area contributed by atoms with E-state index in [0.717, 1.165) is 35.8 Å². The third-order valence-electron chi connectivity index (χ3n) is 5.71. The fourth-order valence-electron chi connectivity index (χ4n) is 4.20. The van der Waals surface area contributed by atoms with E-state index in [2.05, 4.69) is 71.3 Å². The molecule has 0 aliphatic carbocycles. The first-order chi connectivity index (χ1) is 14.7. The van der Waals surface area contributed by atoms with Gasteiger partial charge in [-0.15, -0.1) is 24.8 Å². The minimum atomic E-state index is 0. The minimum Gasteiger partial charge on any atom is -0.494 e. The molecule has 1 aliphatic rings. The fraction of sp³-hybridized carbons (Fsp3) is 0.308. The Morgan fingerprint density at radius 1 is 0.941 bits per heavy atom. The molecule has 0 amide bonds. The molecular formula is C26H35Cl3N2OS2. The Morgan fingerprint density at radius 2 is 1.62 bits per heavy atom. The Bertz CT molecular complexity index is 962. The molecule has 1 saturated heterocycles. The van der Waals surface area contributed by atoms with Crippen LogP contribution >= 0.6 is 63.4 Å². The van der Waals surface area contributed by atoms with Gasteiger partial charge in [-0.1, -0.05) is 60.1 Å². The molecule has 188 valence electrons. The van der Waals surface area contributed by atoms with Crippen LogP contribution in [0.2, 0.25) is 5.02 Å². The van der Waals surface area contributed by atoms with E-state index in [1.54, 1.807) is 0 Å². The molecule has 2 N–H and O–H groups in total. The number of ether oxygens (including phenoxy) is 1. The molecule has 0 unspecified atom stereocenters. The summed E-state index contributed by atoms with van der Waals surface area (Å²) in [4.78, 5) is 0. The first kappa shape index (κ1) is 33.0. The van der Waals surface area contributed by atoms with Gasteiger partial charge in [-0.3, -0.25) is 0 Å². The van der Waals surface area contributed by atoms with Gasteiger partial charge in [-0.05, 0) is 67.3 Å². The quantitative estimate of drug-likeness (QED) is 0.324. The Morgan fingerprint density at radius 3 is 2.29 bits per heavy atom. The molecule has 1 fully saturated rings. The van der Waals surface area contributed by atoms with Crippen molar-refractivity contribution >= 4 is 63.4 Å². The largest absolute Gasteiger partial charge is 0.494 e. The van der Waals surface area contributed by atoms with E-state index in [1.807, 2.05) is 19.1 Å². The number of halogens is 3. The number of nitrogens with one attached hydrogen (secondary N) is 2. The van der Waals surface area contributed by atoms with Crippen LogP contribution in [0.15, 0.2) is 72.8 Å². The lowest BCUT2D eigenvalue weighted by atomic mass is 9.92. The Balaban J connectivity index is 0.00000272. The van der Waals surface area contributed by atoms with Gasteiger partial charge in [0.15, 0.2) is 0 Å². The average Bonchev–Trinajstić information content (AvgIpc) is 2.80. The van der Waals surface area contributed by atoms with Crippen molar-refractivity contribution in [3.05, 3.63) is 88.9 Å². The second-order valence-corrected chi connectivity index (χ2v) is 8.17. The van der Waals surface area contributed by atoms with Gasteiger partial charge in [-0.25, -0.2) is 0 Å². The summed E-state index contributed by atoms with van der Waals surface area (Å²) in [5.41, 5.74) is 4.86. The molecule has 0 spiro atoms. The maximum absolute atomic E-state index is 6.06. The van der Waals surface area contributed by atoms with Crippen molar-refractivity contribution in [3.8, 4) is 16.9 Å². The van der Waals surface area contributed by atoms with Crippen molar-refractivity contribution in [2.24, 2.45) is 0 Å². The van der Waals surface area contributed by atoms with Crippen LogP contribution in [0.25, 0.3) is 11.1 Å². The Hall–Kier alpha value is -1.05. The van der Waals surface area contributed by atoms with Crippen LogP contribution in [0.4, 0.5) is 0 Å². The fourth-order valence-corrected chi connectivity index (χ4v) is 4.32. The monoisotopic (exact) mass is 560 g/mol. The highest BCUT2D eigenvalue weighted by Gasteiger charge is 2.25. The molecule has 0 saturated carbocycles. The molecule has 2 atom stereocenters. The van der Waals surface area contributed by atoms with Gasteiger partial charge in [0.1, 0.15) is 5.75 Å². The molecular weight excluding hydrogens is 527 g/mol. The van der Waals surface area contributed by atoms with Crippen molar-refractivity contribution in [2.75, 3.05) is 13.2 Å². The van der Waals surface area contributed by atoms with Gasteiger partial charge >= 0.3 is 0 Å². The Kier molecular flexibility index (Phi) is 16.1. The lowest BCUT2D eigenvalue weighted by Gasteiger charge is -2.34. The van der Waals surface area contributed by atoms with Crippen LogP contribution in [0.1, 0.15) is 36.9 Å². The number of hydrogen-bond acceptors (Lipinski definition) is 3. The van der Waals surface area contributed by atoms with E-state index < -0.39 is 0 Å². The third-order valence-corrected chi connectivity index (χ3v) is 5.96. The molecule has 8 heteroatoms. The van der Waals surface area contributed by atoms with Gasteiger partial charge in [0.2, 0.25) is 0 Å². The van der Waals surface area contributed by atoms with Gasteiger partial charge in [0, 0.05) is 29.2 Å². The average molecular weight is 562 g/mol. The summed E-state index contributed by atoms with van der Waals surface area (Å²) in [7, 11) is 0. The van der Waals surface area contributed by atoms with Gasteiger partial charge in [0.25, 0.3) is 0 Å².